The van der Waals surface area contributed by atoms with Crippen LogP contribution in [-0.4, -0.2) is 29.8 Å². The number of hydrogen-bond donors (Lipinski definition) is 1. The summed E-state index contributed by atoms with van der Waals surface area (Å²) in [5.41, 5.74) is 1.85. The van der Waals surface area contributed by atoms with E-state index in [-0.39, 0.29) is 11.8 Å². The molecule has 1 N–H and O–H groups in total. The van der Waals surface area contributed by atoms with Gasteiger partial charge in [0.1, 0.15) is 0 Å². The number of anilines is 1. The smallest absolute Gasteiger partial charge is 0.226 e. The Hall–Kier alpha value is -1.36. The summed E-state index contributed by atoms with van der Waals surface area (Å²) in [4.78, 5) is 25.4. The number of aryl methyl sites for hydroxylation is 1. The molecule has 0 radical (unpaired) electrons. The largest absolute Gasteiger partial charge is 0.342 e. The van der Waals surface area contributed by atoms with Crippen LogP contribution in [0.15, 0.2) is 22.7 Å². The van der Waals surface area contributed by atoms with E-state index in [1.165, 1.54) is 0 Å². The molecule has 0 fully saturated rings. The zero-order chi connectivity index (χ0) is 16.7. The molecule has 22 heavy (non-hydrogen) atoms. The minimum absolute atomic E-state index is 0.0212. The van der Waals surface area contributed by atoms with Gasteiger partial charge in [-0.15, -0.1) is 0 Å². The number of amides is 2. The Kier molecular flexibility index (Phi) is 7.59. The lowest BCUT2D eigenvalue weighted by Gasteiger charge is -2.21. The van der Waals surface area contributed by atoms with Crippen molar-refractivity contribution in [3.8, 4) is 0 Å². The van der Waals surface area contributed by atoms with Gasteiger partial charge in [0.05, 0.1) is 0 Å². The molecule has 1 rings (SSSR count). The summed E-state index contributed by atoms with van der Waals surface area (Å²) in [6, 6.07) is 5.69. The average Bonchev–Trinajstić information content (AvgIpc) is 2.42. The Morgan fingerprint density at radius 3 is 2.50 bits per heavy atom. The fourth-order valence-corrected chi connectivity index (χ4v) is 2.27. The van der Waals surface area contributed by atoms with Crippen molar-refractivity contribution in [2.75, 3.05) is 18.4 Å². The molecule has 0 saturated heterocycles. The van der Waals surface area contributed by atoms with E-state index in [9.17, 15) is 9.59 Å². The zero-order valence-corrected chi connectivity index (χ0v) is 15.4. The highest BCUT2D eigenvalue weighted by Gasteiger charge is 2.12. The van der Waals surface area contributed by atoms with Gasteiger partial charge in [-0.3, -0.25) is 9.59 Å². The van der Waals surface area contributed by atoms with Gasteiger partial charge < -0.3 is 10.2 Å². The lowest BCUT2D eigenvalue weighted by Crippen LogP contribution is -2.33. The Morgan fingerprint density at radius 2 is 1.95 bits per heavy atom. The first kappa shape index (κ1) is 18.7. The quantitative estimate of drug-likeness (QED) is 0.790. The van der Waals surface area contributed by atoms with Crippen molar-refractivity contribution < 1.29 is 9.59 Å². The molecule has 0 aliphatic rings. The Balaban J connectivity index is 2.49. The fourth-order valence-electron chi connectivity index (χ4n) is 2.02. The molecule has 0 heterocycles. The van der Waals surface area contributed by atoms with E-state index in [2.05, 4.69) is 35.1 Å². The van der Waals surface area contributed by atoms with Crippen molar-refractivity contribution in [1.29, 1.82) is 0 Å². The third-order valence-corrected chi connectivity index (χ3v) is 4.36. The normalized spacial score (nSPS) is 10.6. The van der Waals surface area contributed by atoms with Crippen LogP contribution in [0.3, 0.4) is 0 Å². The fraction of sp³-hybridized carbons (Fsp3) is 0.529. The highest BCUT2D eigenvalue weighted by molar-refractivity contribution is 9.10. The Bertz CT molecular complexity index is 529. The van der Waals surface area contributed by atoms with Crippen molar-refractivity contribution in [1.82, 2.24) is 4.90 Å². The predicted octanol–water partition coefficient (Wildman–Crippen LogP) is 3.98. The molecule has 0 spiro atoms. The first-order valence-electron chi connectivity index (χ1n) is 7.61. The second kappa shape index (κ2) is 8.93. The van der Waals surface area contributed by atoms with Crippen molar-refractivity contribution in [3.05, 3.63) is 28.2 Å². The molecular weight excluding hydrogens is 344 g/mol. The van der Waals surface area contributed by atoms with Crippen LogP contribution in [-0.2, 0) is 9.59 Å². The highest BCUT2D eigenvalue weighted by atomic mass is 79.9. The van der Waals surface area contributed by atoms with E-state index in [0.717, 1.165) is 22.1 Å². The number of nitrogens with one attached hydrogen (secondary N) is 1. The van der Waals surface area contributed by atoms with E-state index >= 15 is 0 Å². The van der Waals surface area contributed by atoms with Crippen molar-refractivity contribution >= 4 is 33.4 Å². The van der Waals surface area contributed by atoms with Crippen molar-refractivity contribution in [2.24, 2.45) is 5.92 Å². The number of nitrogens with zero attached hydrogens (tertiary/aromatic N) is 1. The van der Waals surface area contributed by atoms with Crippen LogP contribution >= 0.6 is 15.9 Å². The summed E-state index contributed by atoms with van der Waals surface area (Å²) >= 11 is 3.43. The number of carbonyl (C=O) groups excluding carboxylic acids is 2. The predicted molar refractivity (Wildman–Crippen MR) is 93.8 cm³/mol. The molecule has 122 valence electrons. The van der Waals surface area contributed by atoms with Gasteiger partial charge in [-0.1, -0.05) is 29.8 Å². The number of carbonyl (C=O) groups is 2. The molecule has 2 amide bonds. The van der Waals surface area contributed by atoms with Gasteiger partial charge in [0.2, 0.25) is 11.8 Å². The van der Waals surface area contributed by atoms with Gasteiger partial charge in [-0.25, -0.2) is 0 Å². The Morgan fingerprint density at radius 1 is 1.27 bits per heavy atom. The second-order valence-corrected chi connectivity index (χ2v) is 6.81. The molecule has 0 bridgehead atoms. The monoisotopic (exact) mass is 368 g/mol. The first-order chi connectivity index (χ1) is 10.3. The zero-order valence-electron chi connectivity index (χ0n) is 13.8. The maximum Gasteiger partial charge on any atom is 0.226 e. The van der Waals surface area contributed by atoms with Gasteiger partial charge in [0.25, 0.3) is 0 Å². The summed E-state index contributed by atoms with van der Waals surface area (Å²) in [6.07, 6.45) is 1.26. The molecule has 0 unspecified atom stereocenters. The Labute approximate surface area is 141 Å². The van der Waals surface area contributed by atoms with E-state index in [0.29, 0.717) is 25.4 Å². The third kappa shape index (κ3) is 6.60. The number of hydrogen-bond acceptors (Lipinski definition) is 2. The maximum atomic E-state index is 12.0. The maximum absolute atomic E-state index is 12.0. The molecule has 1 aromatic rings. The van der Waals surface area contributed by atoms with Gasteiger partial charge in [-0.2, -0.15) is 0 Å². The summed E-state index contributed by atoms with van der Waals surface area (Å²) in [7, 11) is 0. The summed E-state index contributed by atoms with van der Waals surface area (Å²) in [6.45, 7) is 8.95. The van der Waals surface area contributed by atoms with E-state index in [4.69, 9.17) is 0 Å². The molecular formula is C17H25BrN2O2. The third-order valence-electron chi connectivity index (χ3n) is 3.47. The SMILES string of the molecule is CC(=O)N(CCC(=O)Nc1ccc(Br)c(C)c1)CCC(C)C. The number of rotatable bonds is 7. The van der Waals surface area contributed by atoms with Crippen LogP contribution in [0.4, 0.5) is 5.69 Å². The lowest BCUT2D eigenvalue weighted by molar-refractivity contribution is -0.129. The van der Waals surface area contributed by atoms with Crippen molar-refractivity contribution in [2.45, 2.75) is 40.5 Å². The molecule has 0 aromatic heterocycles. The van der Waals surface area contributed by atoms with Crippen LogP contribution < -0.4 is 5.32 Å². The molecule has 0 aliphatic heterocycles. The van der Waals surface area contributed by atoms with Crippen molar-refractivity contribution in [3.63, 3.8) is 0 Å². The summed E-state index contributed by atoms with van der Waals surface area (Å²) in [5, 5.41) is 2.87. The van der Waals surface area contributed by atoms with Crippen LogP contribution in [0, 0.1) is 12.8 Å². The summed E-state index contributed by atoms with van der Waals surface area (Å²) < 4.78 is 1.02. The molecule has 4 nitrogen and oxygen atoms in total. The standard InChI is InChI=1S/C17H25BrN2O2/c1-12(2)7-9-20(14(4)21)10-8-17(22)19-15-5-6-16(18)13(3)11-15/h5-6,11-12H,7-10H2,1-4H3,(H,19,22). The molecule has 0 atom stereocenters. The minimum Gasteiger partial charge on any atom is -0.342 e. The highest BCUT2D eigenvalue weighted by Crippen LogP contribution is 2.20. The van der Waals surface area contributed by atoms with Gasteiger partial charge >= 0.3 is 0 Å². The minimum atomic E-state index is -0.0717. The molecule has 0 aliphatic carbocycles. The van der Waals surface area contributed by atoms with E-state index < -0.39 is 0 Å². The second-order valence-electron chi connectivity index (χ2n) is 5.95. The van der Waals surface area contributed by atoms with Gasteiger partial charge in [-0.05, 0) is 43.0 Å². The van der Waals surface area contributed by atoms with Crippen LogP contribution in [0.1, 0.15) is 39.2 Å². The molecule has 0 saturated carbocycles. The molecule has 1 aromatic carbocycles. The summed E-state index contributed by atoms with van der Waals surface area (Å²) in [5.74, 6) is 0.492. The first-order valence-corrected chi connectivity index (χ1v) is 8.40. The van der Waals surface area contributed by atoms with Gasteiger partial charge in [0.15, 0.2) is 0 Å². The topological polar surface area (TPSA) is 49.4 Å². The lowest BCUT2D eigenvalue weighted by atomic mass is 10.1. The van der Waals surface area contributed by atoms with Crippen LogP contribution in [0.2, 0.25) is 0 Å². The van der Waals surface area contributed by atoms with E-state index in [1.54, 1.807) is 11.8 Å². The van der Waals surface area contributed by atoms with E-state index in [1.807, 2.05) is 25.1 Å². The number of halogens is 1. The number of benzene rings is 1. The van der Waals surface area contributed by atoms with Crippen LogP contribution in [0.25, 0.3) is 0 Å². The average molecular weight is 369 g/mol. The van der Waals surface area contributed by atoms with Gasteiger partial charge in [0, 0.05) is 36.6 Å². The van der Waals surface area contributed by atoms with Crippen LogP contribution in [0.5, 0.6) is 0 Å². The molecule has 5 heteroatoms.